The molecular weight excluding hydrogens is 296 g/mol. The van der Waals surface area contributed by atoms with Gasteiger partial charge in [0.15, 0.2) is 5.82 Å². The average Bonchev–Trinajstić information content (AvgIpc) is 2.92. The lowest BCUT2D eigenvalue weighted by atomic mass is 10.0. The van der Waals surface area contributed by atoms with Crippen molar-refractivity contribution in [3.05, 3.63) is 42.2 Å². The number of anilines is 1. The van der Waals surface area contributed by atoms with Gasteiger partial charge < -0.3 is 9.47 Å². The van der Waals surface area contributed by atoms with Crippen LogP contribution in [0.4, 0.5) is 5.82 Å². The van der Waals surface area contributed by atoms with Crippen LogP contribution in [0, 0.1) is 6.92 Å². The lowest BCUT2D eigenvalue weighted by molar-refractivity contribution is 0.481. The first-order valence-electron chi connectivity index (χ1n) is 8.81. The Morgan fingerprint density at radius 3 is 2.62 bits per heavy atom. The van der Waals surface area contributed by atoms with Crippen molar-refractivity contribution < 1.29 is 0 Å². The summed E-state index contributed by atoms with van der Waals surface area (Å²) in [6.45, 7) is 5.38. The third-order valence-corrected chi connectivity index (χ3v) is 5.12. The lowest BCUT2D eigenvalue weighted by Gasteiger charge is -2.35. The molecule has 0 N–H and O–H groups in total. The molecule has 1 aromatic carbocycles. The van der Waals surface area contributed by atoms with Crippen LogP contribution >= 0.6 is 0 Å². The molecular formula is C20H24N4. The molecule has 2 aromatic heterocycles. The first-order valence-corrected chi connectivity index (χ1v) is 8.81. The molecule has 0 radical (unpaired) electrons. The van der Waals surface area contributed by atoms with E-state index < -0.39 is 0 Å². The van der Waals surface area contributed by atoms with Gasteiger partial charge >= 0.3 is 0 Å². The maximum atomic E-state index is 4.84. The Morgan fingerprint density at radius 2 is 1.88 bits per heavy atom. The molecule has 24 heavy (non-hydrogen) atoms. The van der Waals surface area contributed by atoms with E-state index in [0.29, 0.717) is 6.04 Å². The summed E-state index contributed by atoms with van der Waals surface area (Å²) in [6.07, 6.45) is 3.79. The van der Waals surface area contributed by atoms with Crippen molar-refractivity contribution in [2.45, 2.75) is 39.2 Å². The molecule has 1 aliphatic rings. The minimum Gasteiger partial charge on any atom is -0.352 e. The van der Waals surface area contributed by atoms with Gasteiger partial charge in [-0.25, -0.2) is 9.97 Å². The molecule has 3 aromatic rings. The standard InChI is InChI=1S/C20H24N4/c1-14-9-7-8-12-24(14)20-19-17(21-15(2)22-20)13-18(23(19)3)16-10-5-4-6-11-16/h4-6,10-11,13-14H,7-9,12H2,1-3H3. The quantitative estimate of drug-likeness (QED) is 0.705. The van der Waals surface area contributed by atoms with Gasteiger partial charge in [-0.05, 0) is 44.7 Å². The zero-order valence-electron chi connectivity index (χ0n) is 14.7. The van der Waals surface area contributed by atoms with Gasteiger partial charge in [0.2, 0.25) is 0 Å². The van der Waals surface area contributed by atoms with Crippen molar-refractivity contribution in [3.63, 3.8) is 0 Å². The van der Waals surface area contributed by atoms with E-state index in [9.17, 15) is 0 Å². The monoisotopic (exact) mass is 320 g/mol. The topological polar surface area (TPSA) is 34.0 Å². The third-order valence-electron chi connectivity index (χ3n) is 5.12. The number of rotatable bonds is 2. The molecule has 4 nitrogen and oxygen atoms in total. The Hall–Kier alpha value is -2.36. The molecule has 124 valence electrons. The van der Waals surface area contributed by atoms with Crippen LogP contribution in [0.2, 0.25) is 0 Å². The predicted octanol–water partition coefficient (Wildman–Crippen LogP) is 4.32. The molecule has 0 bridgehead atoms. The first kappa shape index (κ1) is 15.2. The van der Waals surface area contributed by atoms with Gasteiger partial charge in [0.25, 0.3) is 0 Å². The summed E-state index contributed by atoms with van der Waals surface area (Å²) < 4.78 is 2.25. The summed E-state index contributed by atoms with van der Waals surface area (Å²) >= 11 is 0. The second kappa shape index (κ2) is 5.93. The van der Waals surface area contributed by atoms with Gasteiger partial charge in [-0.2, -0.15) is 0 Å². The van der Waals surface area contributed by atoms with Gasteiger partial charge in [0.1, 0.15) is 11.3 Å². The average molecular weight is 320 g/mol. The number of benzene rings is 1. The van der Waals surface area contributed by atoms with Gasteiger partial charge in [0, 0.05) is 19.6 Å². The molecule has 1 unspecified atom stereocenters. The van der Waals surface area contributed by atoms with Crippen LogP contribution in [0.3, 0.4) is 0 Å². The summed E-state index contributed by atoms with van der Waals surface area (Å²) in [5, 5.41) is 0. The summed E-state index contributed by atoms with van der Waals surface area (Å²) in [5.41, 5.74) is 4.59. The van der Waals surface area contributed by atoms with Gasteiger partial charge in [-0.1, -0.05) is 30.3 Å². The Balaban J connectivity index is 1.93. The van der Waals surface area contributed by atoms with Crippen LogP contribution in [0.15, 0.2) is 36.4 Å². The Morgan fingerprint density at radius 1 is 1.08 bits per heavy atom. The summed E-state index contributed by atoms with van der Waals surface area (Å²) in [4.78, 5) is 12.0. The van der Waals surface area contributed by atoms with Crippen molar-refractivity contribution in [2.24, 2.45) is 7.05 Å². The fraction of sp³-hybridized carbons (Fsp3) is 0.400. The molecule has 1 saturated heterocycles. The third kappa shape index (κ3) is 2.46. The van der Waals surface area contributed by atoms with Crippen molar-refractivity contribution in [1.82, 2.24) is 14.5 Å². The number of aryl methyl sites for hydroxylation is 2. The first-order chi connectivity index (χ1) is 11.6. The number of piperidine rings is 1. The summed E-state index contributed by atoms with van der Waals surface area (Å²) in [6, 6.07) is 13.2. The molecule has 0 spiro atoms. The number of aromatic nitrogens is 3. The van der Waals surface area contributed by atoms with E-state index in [1.54, 1.807) is 0 Å². The molecule has 1 atom stereocenters. The number of hydrogen-bond donors (Lipinski definition) is 0. The molecule has 0 saturated carbocycles. The highest BCUT2D eigenvalue weighted by atomic mass is 15.2. The van der Waals surface area contributed by atoms with Gasteiger partial charge in [-0.15, -0.1) is 0 Å². The minimum atomic E-state index is 0.534. The zero-order chi connectivity index (χ0) is 16.7. The van der Waals surface area contributed by atoms with Crippen LogP contribution in [0.25, 0.3) is 22.3 Å². The number of fused-ring (bicyclic) bond motifs is 1. The Bertz CT molecular complexity index is 866. The van der Waals surface area contributed by atoms with Crippen LogP contribution in [0.5, 0.6) is 0 Å². The van der Waals surface area contributed by atoms with Crippen LogP contribution < -0.4 is 4.90 Å². The normalized spacial score (nSPS) is 18.3. The summed E-state index contributed by atoms with van der Waals surface area (Å²) in [7, 11) is 2.13. The van der Waals surface area contributed by atoms with E-state index in [4.69, 9.17) is 9.97 Å². The largest absolute Gasteiger partial charge is 0.352 e. The maximum absolute atomic E-state index is 4.84. The Labute approximate surface area is 143 Å². The smallest absolute Gasteiger partial charge is 0.157 e. The highest BCUT2D eigenvalue weighted by Crippen LogP contribution is 2.33. The van der Waals surface area contributed by atoms with E-state index in [1.807, 2.05) is 6.92 Å². The fourth-order valence-electron chi connectivity index (χ4n) is 3.84. The van der Waals surface area contributed by atoms with E-state index in [2.05, 4.69) is 59.8 Å². The molecule has 3 heterocycles. The lowest BCUT2D eigenvalue weighted by Crippen LogP contribution is -2.38. The van der Waals surface area contributed by atoms with E-state index in [1.165, 1.54) is 30.5 Å². The zero-order valence-corrected chi connectivity index (χ0v) is 14.7. The van der Waals surface area contributed by atoms with Crippen LogP contribution in [0.1, 0.15) is 32.0 Å². The van der Waals surface area contributed by atoms with Crippen molar-refractivity contribution in [1.29, 1.82) is 0 Å². The van der Waals surface area contributed by atoms with E-state index in [-0.39, 0.29) is 0 Å². The Kier molecular flexibility index (Phi) is 3.75. The van der Waals surface area contributed by atoms with E-state index in [0.717, 1.165) is 29.2 Å². The number of hydrogen-bond acceptors (Lipinski definition) is 3. The molecule has 1 aliphatic heterocycles. The minimum absolute atomic E-state index is 0.534. The van der Waals surface area contributed by atoms with Crippen LogP contribution in [-0.2, 0) is 7.05 Å². The molecule has 4 heteroatoms. The van der Waals surface area contributed by atoms with Crippen molar-refractivity contribution in [3.8, 4) is 11.3 Å². The maximum Gasteiger partial charge on any atom is 0.157 e. The highest BCUT2D eigenvalue weighted by Gasteiger charge is 2.24. The highest BCUT2D eigenvalue weighted by molar-refractivity contribution is 5.92. The predicted molar refractivity (Wildman–Crippen MR) is 99.3 cm³/mol. The van der Waals surface area contributed by atoms with Gasteiger partial charge in [-0.3, -0.25) is 0 Å². The second-order valence-corrected chi connectivity index (χ2v) is 6.82. The van der Waals surface area contributed by atoms with E-state index >= 15 is 0 Å². The summed E-state index contributed by atoms with van der Waals surface area (Å²) in [5.74, 6) is 1.94. The van der Waals surface area contributed by atoms with Crippen LogP contribution in [-0.4, -0.2) is 27.1 Å². The molecule has 1 fully saturated rings. The SMILES string of the molecule is Cc1nc(N2CCCCC2C)c2c(cc(-c3ccccc3)n2C)n1. The number of nitrogens with zero attached hydrogens (tertiary/aromatic N) is 4. The molecule has 0 aliphatic carbocycles. The molecule has 0 amide bonds. The fourth-order valence-corrected chi connectivity index (χ4v) is 3.84. The molecule has 4 rings (SSSR count). The van der Waals surface area contributed by atoms with Crippen molar-refractivity contribution in [2.75, 3.05) is 11.4 Å². The van der Waals surface area contributed by atoms with Gasteiger partial charge in [0.05, 0.1) is 11.2 Å². The van der Waals surface area contributed by atoms with Crippen molar-refractivity contribution >= 4 is 16.9 Å². The second-order valence-electron chi connectivity index (χ2n) is 6.82.